The summed E-state index contributed by atoms with van der Waals surface area (Å²) in [6, 6.07) is 2.67. The molecule has 1 atom stereocenters. The van der Waals surface area contributed by atoms with Gasteiger partial charge in [0.2, 0.25) is 0 Å². The highest BCUT2D eigenvalue weighted by atomic mass is 32.1. The molecule has 1 rings (SSSR count). The lowest BCUT2D eigenvalue weighted by Gasteiger charge is -2.15. The summed E-state index contributed by atoms with van der Waals surface area (Å²) in [5.41, 5.74) is -0.180. The second-order valence-corrected chi connectivity index (χ2v) is 5.93. The zero-order valence-corrected chi connectivity index (χ0v) is 11.7. The van der Waals surface area contributed by atoms with Crippen molar-refractivity contribution in [1.82, 2.24) is 10.3 Å². The smallest absolute Gasteiger partial charge is 0.109 e. The molecule has 1 heterocycles. The van der Waals surface area contributed by atoms with E-state index < -0.39 is 0 Å². The van der Waals surface area contributed by atoms with Crippen LogP contribution in [-0.2, 0) is 0 Å². The Morgan fingerprint density at radius 3 is 2.88 bits per heavy atom. The molecule has 0 aliphatic heterocycles. The summed E-state index contributed by atoms with van der Waals surface area (Å²) in [7, 11) is 0. The molecule has 0 fully saturated rings. The van der Waals surface area contributed by atoms with Gasteiger partial charge >= 0.3 is 0 Å². The number of aromatic nitrogens is 1. The minimum atomic E-state index is -0.180. The molecule has 4 heteroatoms. The number of thiazole rings is 1. The van der Waals surface area contributed by atoms with Crippen LogP contribution in [0.15, 0.2) is 11.6 Å². The number of nitriles is 1. The molecule has 0 radical (unpaired) electrons. The molecule has 1 aromatic rings. The lowest BCUT2D eigenvalue weighted by atomic mass is 9.89. The molecule has 0 aromatic carbocycles. The zero-order valence-electron chi connectivity index (χ0n) is 10.9. The van der Waals surface area contributed by atoms with Gasteiger partial charge in [0.1, 0.15) is 5.01 Å². The molecule has 1 aromatic heterocycles. The van der Waals surface area contributed by atoms with Crippen LogP contribution < -0.4 is 5.32 Å². The summed E-state index contributed by atoms with van der Waals surface area (Å²) >= 11 is 1.69. The van der Waals surface area contributed by atoms with E-state index in [1.165, 1.54) is 0 Å². The highest BCUT2D eigenvalue weighted by molar-refractivity contribution is 7.09. The first-order valence-electron chi connectivity index (χ1n) is 6.09. The molecule has 3 nitrogen and oxygen atoms in total. The number of nitrogens with zero attached hydrogens (tertiary/aromatic N) is 2. The summed E-state index contributed by atoms with van der Waals surface area (Å²) in [5, 5.41) is 15.5. The molecule has 0 amide bonds. The molecule has 0 bridgehead atoms. The number of rotatable bonds is 7. The molecule has 94 valence electrons. The Morgan fingerprint density at radius 1 is 1.53 bits per heavy atom. The van der Waals surface area contributed by atoms with Gasteiger partial charge in [-0.3, -0.25) is 0 Å². The van der Waals surface area contributed by atoms with E-state index in [4.69, 9.17) is 5.26 Å². The Kier molecular flexibility index (Phi) is 5.60. The van der Waals surface area contributed by atoms with Gasteiger partial charge in [0.05, 0.1) is 17.5 Å². The van der Waals surface area contributed by atoms with Crippen LogP contribution in [0.5, 0.6) is 0 Å². The molecule has 1 N–H and O–H groups in total. The molecular formula is C13H21N3S. The maximum atomic E-state index is 8.89. The van der Waals surface area contributed by atoms with Crippen molar-refractivity contribution in [3.05, 3.63) is 16.6 Å². The molecule has 0 aliphatic rings. The quantitative estimate of drug-likeness (QED) is 0.754. The fourth-order valence-electron chi connectivity index (χ4n) is 1.60. The normalized spacial score (nSPS) is 13.3. The molecule has 1 unspecified atom stereocenters. The maximum absolute atomic E-state index is 8.89. The molecular weight excluding hydrogens is 230 g/mol. The van der Waals surface area contributed by atoms with Crippen LogP contribution in [-0.4, -0.2) is 11.5 Å². The van der Waals surface area contributed by atoms with Crippen molar-refractivity contribution in [2.45, 2.75) is 46.1 Å². The van der Waals surface area contributed by atoms with E-state index in [9.17, 15) is 0 Å². The lowest BCUT2D eigenvalue weighted by molar-refractivity contribution is 0.417. The number of nitrogens with one attached hydrogen (secondary N) is 1. The Hall–Kier alpha value is -0.920. The first-order chi connectivity index (χ1) is 8.05. The number of unbranched alkanes of at least 4 members (excludes halogenated alkanes) is 1. The molecule has 0 spiro atoms. The predicted octanol–water partition coefficient (Wildman–Crippen LogP) is 3.51. The first kappa shape index (κ1) is 14.1. The number of hydrogen-bond donors (Lipinski definition) is 1. The average Bonchev–Trinajstić information content (AvgIpc) is 2.82. The van der Waals surface area contributed by atoms with Crippen molar-refractivity contribution in [3.63, 3.8) is 0 Å². The number of hydrogen-bond acceptors (Lipinski definition) is 4. The largest absolute Gasteiger partial charge is 0.308 e. The highest BCUT2D eigenvalue weighted by Gasteiger charge is 2.15. The van der Waals surface area contributed by atoms with Crippen molar-refractivity contribution in [2.24, 2.45) is 5.41 Å². The van der Waals surface area contributed by atoms with Crippen molar-refractivity contribution in [2.75, 3.05) is 6.54 Å². The standard InChI is InChI=1S/C13H21N3S/c1-11(12-16-8-9-17-12)15-7-5-4-6-13(2,3)10-14/h8-9,11,15H,4-7H2,1-3H3. The Bertz CT molecular complexity index is 351. The van der Waals surface area contributed by atoms with E-state index in [0.717, 1.165) is 30.8 Å². The minimum Gasteiger partial charge on any atom is -0.308 e. The third-order valence-electron chi connectivity index (χ3n) is 2.80. The van der Waals surface area contributed by atoms with Gasteiger partial charge in [0.25, 0.3) is 0 Å². The van der Waals surface area contributed by atoms with E-state index in [1.54, 1.807) is 11.3 Å². The topological polar surface area (TPSA) is 48.7 Å². The third kappa shape index (κ3) is 5.29. The summed E-state index contributed by atoms with van der Waals surface area (Å²) < 4.78 is 0. The summed E-state index contributed by atoms with van der Waals surface area (Å²) in [6.07, 6.45) is 5.02. The fourth-order valence-corrected chi connectivity index (χ4v) is 2.27. The Morgan fingerprint density at radius 2 is 2.29 bits per heavy atom. The van der Waals surface area contributed by atoms with Gasteiger partial charge in [-0.1, -0.05) is 6.42 Å². The molecule has 0 saturated heterocycles. The van der Waals surface area contributed by atoms with Crippen LogP contribution in [0.25, 0.3) is 0 Å². The summed E-state index contributed by atoms with van der Waals surface area (Å²) in [5.74, 6) is 0. The van der Waals surface area contributed by atoms with Crippen molar-refractivity contribution in [3.8, 4) is 6.07 Å². The SMILES string of the molecule is CC(NCCCCC(C)(C)C#N)c1nccs1. The summed E-state index contributed by atoms with van der Waals surface area (Å²) in [6.45, 7) is 7.12. The van der Waals surface area contributed by atoms with Crippen LogP contribution in [0.3, 0.4) is 0 Å². The van der Waals surface area contributed by atoms with Crippen molar-refractivity contribution >= 4 is 11.3 Å². The second-order valence-electron chi connectivity index (χ2n) is 5.00. The van der Waals surface area contributed by atoms with Gasteiger partial charge in [0, 0.05) is 11.6 Å². The van der Waals surface area contributed by atoms with Gasteiger partial charge in [-0.05, 0) is 40.2 Å². The second kappa shape index (κ2) is 6.73. The lowest BCUT2D eigenvalue weighted by Crippen LogP contribution is -2.20. The van der Waals surface area contributed by atoms with Gasteiger partial charge in [-0.2, -0.15) is 5.26 Å². The maximum Gasteiger partial charge on any atom is 0.109 e. The average molecular weight is 251 g/mol. The monoisotopic (exact) mass is 251 g/mol. The third-order valence-corrected chi connectivity index (χ3v) is 3.76. The fraction of sp³-hybridized carbons (Fsp3) is 0.692. The van der Waals surface area contributed by atoms with Crippen LogP contribution in [0.1, 0.15) is 51.1 Å². The minimum absolute atomic E-state index is 0.180. The van der Waals surface area contributed by atoms with Gasteiger partial charge in [-0.15, -0.1) is 11.3 Å². The van der Waals surface area contributed by atoms with Crippen molar-refractivity contribution in [1.29, 1.82) is 5.26 Å². The zero-order chi connectivity index (χ0) is 12.7. The van der Waals surface area contributed by atoms with E-state index in [-0.39, 0.29) is 5.41 Å². The Balaban J connectivity index is 2.11. The van der Waals surface area contributed by atoms with Crippen LogP contribution in [0.2, 0.25) is 0 Å². The molecule has 17 heavy (non-hydrogen) atoms. The van der Waals surface area contributed by atoms with E-state index >= 15 is 0 Å². The van der Waals surface area contributed by atoms with Gasteiger partial charge < -0.3 is 5.32 Å². The predicted molar refractivity (Wildman–Crippen MR) is 71.8 cm³/mol. The molecule has 0 saturated carbocycles. The van der Waals surface area contributed by atoms with E-state index in [0.29, 0.717) is 6.04 Å². The highest BCUT2D eigenvalue weighted by Crippen LogP contribution is 2.21. The molecule has 0 aliphatic carbocycles. The van der Waals surface area contributed by atoms with Gasteiger partial charge in [-0.25, -0.2) is 4.98 Å². The first-order valence-corrected chi connectivity index (χ1v) is 6.97. The van der Waals surface area contributed by atoms with Crippen molar-refractivity contribution < 1.29 is 0 Å². The Labute approximate surface area is 108 Å². The van der Waals surface area contributed by atoms with Crippen LogP contribution in [0, 0.1) is 16.7 Å². The van der Waals surface area contributed by atoms with Crippen LogP contribution in [0.4, 0.5) is 0 Å². The van der Waals surface area contributed by atoms with E-state index in [1.807, 2.05) is 25.4 Å². The summed E-state index contributed by atoms with van der Waals surface area (Å²) in [4.78, 5) is 4.28. The van der Waals surface area contributed by atoms with Gasteiger partial charge in [0.15, 0.2) is 0 Å². The van der Waals surface area contributed by atoms with Crippen LogP contribution >= 0.6 is 11.3 Å². The van der Waals surface area contributed by atoms with E-state index in [2.05, 4.69) is 23.3 Å².